The molecule has 3 aromatic rings. The molecule has 0 saturated heterocycles. The Morgan fingerprint density at radius 1 is 0.900 bits per heavy atom. The molecular weight excluding hydrogens is 473 g/mol. The van der Waals surface area contributed by atoms with Gasteiger partial charge in [-0.15, -0.1) is 0 Å². The average Bonchev–Trinajstić information content (AvgIpc) is 3.01. The van der Waals surface area contributed by atoms with Crippen LogP contribution in [0.1, 0.15) is 11.6 Å². The van der Waals surface area contributed by atoms with Gasteiger partial charge >= 0.3 is 0 Å². The topological polar surface area (TPSA) is 74.7 Å². The van der Waals surface area contributed by atoms with Gasteiger partial charge in [-0.25, -0.2) is 12.8 Å². The molecule has 0 bridgehead atoms. The predicted molar refractivity (Wildman–Crippen MR) is 114 cm³/mol. The number of carbonyl (C=O) groups is 1. The molecule has 0 radical (unpaired) electrons. The van der Waals surface area contributed by atoms with Crippen molar-refractivity contribution in [3.63, 3.8) is 0 Å². The molecular formula is C22H15BrFNO4S. The van der Waals surface area contributed by atoms with Crippen LogP contribution in [0, 0.1) is 5.82 Å². The van der Waals surface area contributed by atoms with Crippen molar-refractivity contribution in [2.75, 3.05) is 4.90 Å². The van der Waals surface area contributed by atoms with Gasteiger partial charge in [-0.3, -0.25) is 9.69 Å². The van der Waals surface area contributed by atoms with E-state index in [4.69, 9.17) is 0 Å². The van der Waals surface area contributed by atoms with Crippen molar-refractivity contribution < 1.29 is 22.7 Å². The van der Waals surface area contributed by atoms with Crippen molar-refractivity contribution in [2.45, 2.75) is 10.9 Å². The lowest BCUT2D eigenvalue weighted by molar-refractivity contribution is -0.117. The zero-order valence-corrected chi connectivity index (χ0v) is 17.8. The molecule has 30 heavy (non-hydrogen) atoms. The summed E-state index contributed by atoms with van der Waals surface area (Å²) in [6, 6.07) is 18.2. The zero-order chi connectivity index (χ0) is 21.5. The average molecular weight is 488 g/mol. The van der Waals surface area contributed by atoms with Crippen molar-refractivity contribution in [3.05, 3.63) is 105 Å². The Morgan fingerprint density at radius 2 is 1.50 bits per heavy atom. The first-order valence-corrected chi connectivity index (χ1v) is 11.2. The maximum absolute atomic E-state index is 13.5. The van der Waals surface area contributed by atoms with E-state index >= 15 is 0 Å². The minimum Gasteiger partial charge on any atom is -0.502 e. The van der Waals surface area contributed by atoms with Gasteiger partial charge in [0.1, 0.15) is 16.8 Å². The van der Waals surface area contributed by atoms with E-state index in [1.165, 1.54) is 41.3 Å². The number of hydrogen-bond donors (Lipinski definition) is 1. The molecule has 1 amide bonds. The lowest BCUT2D eigenvalue weighted by atomic mass is 10.1. The van der Waals surface area contributed by atoms with E-state index in [1.807, 2.05) is 0 Å². The first kappa shape index (κ1) is 20.3. The highest BCUT2D eigenvalue weighted by molar-refractivity contribution is 9.10. The number of benzene rings is 3. The Kier molecular flexibility index (Phi) is 5.21. The minimum atomic E-state index is -4.21. The van der Waals surface area contributed by atoms with Crippen molar-refractivity contribution in [1.29, 1.82) is 0 Å². The maximum atomic E-state index is 13.5. The van der Waals surface area contributed by atoms with Gasteiger partial charge in [-0.1, -0.05) is 46.3 Å². The van der Waals surface area contributed by atoms with Gasteiger partial charge in [-0.2, -0.15) is 0 Å². The van der Waals surface area contributed by atoms with Crippen LogP contribution in [0.2, 0.25) is 0 Å². The third-order valence-electron chi connectivity index (χ3n) is 4.79. The van der Waals surface area contributed by atoms with Crippen molar-refractivity contribution in [3.8, 4) is 0 Å². The number of nitrogens with zero attached hydrogens (tertiary/aromatic N) is 1. The van der Waals surface area contributed by atoms with E-state index in [0.717, 1.165) is 4.47 Å². The number of rotatable bonds is 4. The number of halogens is 2. The molecule has 0 spiro atoms. The summed E-state index contributed by atoms with van der Waals surface area (Å²) in [6.45, 7) is 0. The number of aliphatic hydroxyl groups excluding tert-OH is 1. The fraction of sp³-hybridized carbons (Fsp3) is 0.0455. The Labute approximate surface area is 181 Å². The molecule has 1 aliphatic rings. The van der Waals surface area contributed by atoms with Crippen LogP contribution in [-0.4, -0.2) is 19.4 Å². The van der Waals surface area contributed by atoms with Crippen LogP contribution in [0.4, 0.5) is 10.1 Å². The van der Waals surface area contributed by atoms with Crippen molar-refractivity contribution in [2.24, 2.45) is 0 Å². The molecule has 0 unspecified atom stereocenters. The van der Waals surface area contributed by atoms with Crippen molar-refractivity contribution >= 4 is 37.4 Å². The predicted octanol–water partition coefficient (Wildman–Crippen LogP) is 4.92. The second kappa shape index (κ2) is 7.70. The van der Waals surface area contributed by atoms with Gasteiger partial charge in [0.2, 0.25) is 9.84 Å². The summed E-state index contributed by atoms with van der Waals surface area (Å²) in [6.07, 6.45) is 0. The third kappa shape index (κ3) is 3.42. The molecule has 1 N–H and O–H groups in total. The van der Waals surface area contributed by atoms with Gasteiger partial charge in [-0.05, 0) is 54.1 Å². The first-order valence-electron chi connectivity index (χ1n) is 8.88. The summed E-state index contributed by atoms with van der Waals surface area (Å²) < 4.78 is 41.1. The van der Waals surface area contributed by atoms with Crippen LogP contribution < -0.4 is 4.90 Å². The lowest BCUT2D eigenvalue weighted by Gasteiger charge is -2.27. The first-order chi connectivity index (χ1) is 14.3. The third-order valence-corrected chi connectivity index (χ3v) is 7.21. The van der Waals surface area contributed by atoms with Gasteiger partial charge in [0.15, 0.2) is 5.76 Å². The van der Waals surface area contributed by atoms with Gasteiger partial charge in [0.05, 0.1) is 4.90 Å². The monoisotopic (exact) mass is 487 g/mol. The summed E-state index contributed by atoms with van der Waals surface area (Å²) >= 11 is 3.32. The molecule has 1 atom stereocenters. The smallest absolute Gasteiger partial charge is 0.295 e. The second-order valence-corrected chi connectivity index (χ2v) is 9.47. The molecule has 1 aliphatic heterocycles. The zero-order valence-electron chi connectivity index (χ0n) is 15.4. The van der Waals surface area contributed by atoms with Crippen LogP contribution in [0.5, 0.6) is 0 Å². The van der Waals surface area contributed by atoms with E-state index < -0.39 is 38.3 Å². The second-order valence-electron chi connectivity index (χ2n) is 6.64. The number of amides is 1. The maximum Gasteiger partial charge on any atom is 0.295 e. The molecule has 0 saturated carbocycles. The summed E-state index contributed by atoms with van der Waals surface area (Å²) in [7, 11) is -4.21. The Balaban J connectivity index is 1.94. The highest BCUT2D eigenvalue weighted by Gasteiger charge is 2.47. The number of carbonyl (C=O) groups excluding carboxylic acids is 1. The molecule has 0 aliphatic carbocycles. The fourth-order valence-corrected chi connectivity index (χ4v) is 5.31. The normalized spacial score (nSPS) is 16.9. The highest BCUT2D eigenvalue weighted by Crippen LogP contribution is 2.44. The van der Waals surface area contributed by atoms with E-state index in [0.29, 0.717) is 11.3 Å². The summed E-state index contributed by atoms with van der Waals surface area (Å²) in [5.41, 5.74) is 0.744. The summed E-state index contributed by atoms with van der Waals surface area (Å²) in [5, 5.41) is 10.7. The van der Waals surface area contributed by atoms with E-state index in [2.05, 4.69) is 15.9 Å². The molecule has 8 heteroatoms. The number of hydrogen-bond acceptors (Lipinski definition) is 4. The molecule has 1 heterocycles. The largest absolute Gasteiger partial charge is 0.502 e. The molecule has 4 rings (SSSR count). The lowest BCUT2D eigenvalue weighted by Crippen LogP contribution is -2.31. The van der Waals surface area contributed by atoms with Crippen LogP contribution in [0.3, 0.4) is 0 Å². The number of anilines is 1. The SMILES string of the molecule is O=C1C(O)=C(S(=O)(=O)c2ccccc2)[C@H](c2ccc(F)cc2)N1c1ccc(Br)cc1. The summed E-state index contributed by atoms with van der Waals surface area (Å²) in [5.74, 6) is -2.20. The van der Waals surface area contributed by atoms with Crippen LogP contribution in [-0.2, 0) is 14.6 Å². The van der Waals surface area contributed by atoms with Crippen molar-refractivity contribution in [1.82, 2.24) is 0 Å². The Morgan fingerprint density at radius 3 is 2.10 bits per heavy atom. The number of sulfone groups is 1. The van der Waals surface area contributed by atoms with Gasteiger partial charge in [0, 0.05) is 10.2 Å². The fourth-order valence-electron chi connectivity index (χ4n) is 3.40. The van der Waals surface area contributed by atoms with Gasteiger partial charge < -0.3 is 5.11 Å². The molecule has 0 aromatic heterocycles. The van der Waals surface area contributed by atoms with Crippen LogP contribution in [0.15, 0.2) is 98.9 Å². The molecule has 152 valence electrons. The quantitative estimate of drug-likeness (QED) is 0.566. The molecule has 0 fully saturated rings. The van der Waals surface area contributed by atoms with Crippen LogP contribution >= 0.6 is 15.9 Å². The van der Waals surface area contributed by atoms with Gasteiger partial charge in [0.25, 0.3) is 5.91 Å². The van der Waals surface area contributed by atoms with E-state index in [9.17, 15) is 22.7 Å². The summed E-state index contributed by atoms with van der Waals surface area (Å²) in [4.78, 5) is 13.7. The minimum absolute atomic E-state index is 0.0517. The highest BCUT2D eigenvalue weighted by atomic mass is 79.9. The molecule has 3 aromatic carbocycles. The molecule has 5 nitrogen and oxygen atoms in total. The standard InChI is InChI=1S/C22H15BrFNO4S/c23-15-8-12-17(13-9-15)25-19(14-6-10-16(24)11-7-14)21(20(26)22(25)27)30(28,29)18-4-2-1-3-5-18/h1-13,19,26H/t19-/m0/s1. The Bertz CT molecular complexity index is 1240. The van der Waals surface area contributed by atoms with Crippen LogP contribution in [0.25, 0.3) is 0 Å². The number of aliphatic hydroxyl groups is 1. The Hall–Kier alpha value is -2.97. The van der Waals surface area contributed by atoms with E-state index in [-0.39, 0.29) is 4.90 Å². The van der Waals surface area contributed by atoms with E-state index in [1.54, 1.807) is 42.5 Å².